The Balaban J connectivity index is 1.83. The molecule has 1 N–H and O–H groups in total. The fourth-order valence-corrected chi connectivity index (χ4v) is 5.45. The number of sulfonamides is 1. The standard InChI is InChI=1S/C30H37N3O5S/c1-23-10-8-13-25(20-23)22-32(28(30(35)31-2)21-24-11-6-5-7-12-24)29(34)14-9-19-33(39(4,36)37)26-15-17-27(38-3)18-16-26/h5-8,10-13,15-18,20,28H,9,14,19,21-22H2,1-4H3,(H,31,35). The molecule has 39 heavy (non-hydrogen) atoms. The lowest BCUT2D eigenvalue weighted by Gasteiger charge is -2.31. The van der Waals surface area contributed by atoms with Gasteiger partial charge in [-0.3, -0.25) is 13.9 Å². The van der Waals surface area contributed by atoms with E-state index in [1.54, 1.807) is 43.3 Å². The predicted octanol–water partition coefficient (Wildman–Crippen LogP) is 3.94. The second-order valence-electron chi connectivity index (χ2n) is 9.47. The van der Waals surface area contributed by atoms with Crippen LogP contribution in [0.1, 0.15) is 29.5 Å². The van der Waals surface area contributed by atoms with Crippen LogP contribution >= 0.6 is 0 Å². The Morgan fingerprint density at radius 2 is 1.62 bits per heavy atom. The smallest absolute Gasteiger partial charge is 0.242 e. The molecule has 3 rings (SSSR count). The number of ether oxygens (including phenoxy) is 1. The summed E-state index contributed by atoms with van der Waals surface area (Å²) in [5.41, 5.74) is 3.41. The van der Waals surface area contributed by atoms with Crippen molar-refractivity contribution < 1.29 is 22.7 Å². The molecule has 0 spiro atoms. The highest BCUT2D eigenvalue weighted by molar-refractivity contribution is 7.92. The summed E-state index contributed by atoms with van der Waals surface area (Å²) in [6.45, 7) is 2.37. The van der Waals surface area contributed by atoms with Gasteiger partial charge in [0, 0.05) is 33.0 Å². The van der Waals surface area contributed by atoms with Crippen molar-refractivity contribution >= 4 is 27.5 Å². The van der Waals surface area contributed by atoms with Gasteiger partial charge in [-0.2, -0.15) is 0 Å². The Hall–Kier alpha value is -3.85. The monoisotopic (exact) mass is 551 g/mol. The third-order valence-corrected chi connectivity index (χ3v) is 7.66. The van der Waals surface area contributed by atoms with E-state index in [9.17, 15) is 18.0 Å². The van der Waals surface area contributed by atoms with Crippen molar-refractivity contribution in [2.24, 2.45) is 0 Å². The van der Waals surface area contributed by atoms with Gasteiger partial charge >= 0.3 is 0 Å². The first-order valence-electron chi connectivity index (χ1n) is 12.8. The molecule has 3 aromatic carbocycles. The number of aryl methyl sites for hydroxylation is 1. The van der Waals surface area contributed by atoms with E-state index in [4.69, 9.17) is 4.74 Å². The van der Waals surface area contributed by atoms with Gasteiger partial charge in [0.15, 0.2) is 0 Å². The summed E-state index contributed by atoms with van der Waals surface area (Å²) in [7, 11) is -0.473. The van der Waals surface area contributed by atoms with Gasteiger partial charge in [-0.1, -0.05) is 60.2 Å². The molecule has 0 saturated carbocycles. The maximum Gasteiger partial charge on any atom is 0.242 e. The number of nitrogens with zero attached hydrogens (tertiary/aromatic N) is 2. The van der Waals surface area contributed by atoms with Crippen molar-refractivity contribution in [1.82, 2.24) is 10.2 Å². The number of methoxy groups -OCH3 is 1. The molecule has 0 bridgehead atoms. The van der Waals surface area contributed by atoms with Crippen molar-refractivity contribution in [2.75, 3.05) is 31.3 Å². The van der Waals surface area contributed by atoms with Crippen LogP contribution in [0.5, 0.6) is 5.75 Å². The van der Waals surface area contributed by atoms with E-state index in [0.717, 1.165) is 22.9 Å². The van der Waals surface area contributed by atoms with Crippen LogP contribution in [0.15, 0.2) is 78.9 Å². The zero-order chi connectivity index (χ0) is 28.4. The van der Waals surface area contributed by atoms with Crippen LogP contribution in [-0.2, 0) is 32.6 Å². The molecule has 1 unspecified atom stereocenters. The van der Waals surface area contributed by atoms with E-state index in [0.29, 0.717) is 17.9 Å². The Kier molecular flexibility index (Phi) is 10.5. The fraction of sp³-hybridized carbons (Fsp3) is 0.333. The molecule has 208 valence electrons. The molecule has 8 nitrogen and oxygen atoms in total. The highest BCUT2D eigenvalue weighted by atomic mass is 32.2. The van der Waals surface area contributed by atoms with Gasteiger partial charge in [-0.25, -0.2) is 8.42 Å². The van der Waals surface area contributed by atoms with Crippen molar-refractivity contribution in [3.05, 3.63) is 95.6 Å². The summed E-state index contributed by atoms with van der Waals surface area (Å²) in [6.07, 6.45) is 1.87. The fourth-order valence-electron chi connectivity index (χ4n) is 4.48. The number of rotatable bonds is 13. The van der Waals surface area contributed by atoms with E-state index in [2.05, 4.69) is 5.32 Å². The van der Waals surface area contributed by atoms with Gasteiger partial charge in [0.25, 0.3) is 0 Å². The highest BCUT2D eigenvalue weighted by Crippen LogP contribution is 2.23. The first kappa shape index (κ1) is 29.7. The first-order chi connectivity index (χ1) is 18.6. The number of benzene rings is 3. The number of anilines is 1. The molecule has 9 heteroatoms. The maximum atomic E-state index is 13.7. The molecule has 0 aromatic heterocycles. The van der Waals surface area contributed by atoms with E-state index >= 15 is 0 Å². The lowest BCUT2D eigenvalue weighted by Crippen LogP contribution is -2.49. The van der Waals surface area contributed by atoms with Crippen molar-refractivity contribution in [2.45, 2.75) is 38.8 Å². The summed E-state index contributed by atoms with van der Waals surface area (Å²) in [4.78, 5) is 28.4. The van der Waals surface area contributed by atoms with E-state index in [1.807, 2.05) is 61.5 Å². The molecule has 0 heterocycles. The Morgan fingerprint density at radius 3 is 2.21 bits per heavy atom. The first-order valence-corrected chi connectivity index (χ1v) is 14.7. The van der Waals surface area contributed by atoms with Crippen LogP contribution in [0.3, 0.4) is 0 Å². The number of nitrogens with one attached hydrogen (secondary N) is 1. The second-order valence-corrected chi connectivity index (χ2v) is 11.4. The molecule has 0 aliphatic rings. The number of carbonyl (C=O) groups is 2. The Labute approximate surface area is 231 Å². The molecule has 1 atom stereocenters. The molecule has 2 amide bonds. The zero-order valence-corrected chi connectivity index (χ0v) is 23.8. The Bertz CT molecular complexity index is 1340. The van der Waals surface area contributed by atoms with Crippen LogP contribution in [0, 0.1) is 6.92 Å². The number of likely N-dealkylation sites (N-methyl/N-ethyl adjacent to an activating group) is 1. The molecular weight excluding hydrogens is 514 g/mol. The largest absolute Gasteiger partial charge is 0.497 e. The summed E-state index contributed by atoms with van der Waals surface area (Å²) in [5.74, 6) is 0.146. The van der Waals surface area contributed by atoms with Gasteiger partial charge in [-0.05, 0) is 48.7 Å². The van der Waals surface area contributed by atoms with Crippen LogP contribution < -0.4 is 14.4 Å². The van der Waals surface area contributed by atoms with Gasteiger partial charge in [0.1, 0.15) is 11.8 Å². The summed E-state index contributed by atoms with van der Waals surface area (Å²) in [6, 6.07) is 23.4. The van der Waals surface area contributed by atoms with E-state index < -0.39 is 16.1 Å². The number of hydrogen-bond donors (Lipinski definition) is 1. The number of amides is 2. The second kappa shape index (κ2) is 13.8. The van der Waals surface area contributed by atoms with Crippen LogP contribution in [0.4, 0.5) is 5.69 Å². The summed E-state index contributed by atoms with van der Waals surface area (Å²) in [5, 5.41) is 2.71. The van der Waals surface area contributed by atoms with Gasteiger partial charge in [0.05, 0.1) is 19.1 Å². The minimum absolute atomic E-state index is 0.0796. The third kappa shape index (κ3) is 8.58. The number of carbonyl (C=O) groups excluding carboxylic acids is 2. The predicted molar refractivity (Wildman–Crippen MR) is 154 cm³/mol. The van der Waals surface area contributed by atoms with Crippen molar-refractivity contribution in [1.29, 1.82) is 0 Å². The van der Waals surface area contributed by atoms with Gasteiger partial charge < -0.3 is 15.0 Å². The average molecular weight is 552 g/mol. The van der Waals surface area contributed by atoms with Crippen molar-refractivity contribution in [3.63, 3.8) is 0 Å². The molecule has 0 aliphatic heterocycles. The van der Waals surface area contributed by atoms with Crippen LogP contribution in [0.2, 0.25) is 0 Å². The maximum absolute atomic E-state index is 13.7. The topological polar surface area (TPSA) is 96.0 Å². The van der Waals surface area contributed by atoms with Crippen molar-refractivity contribution in [3.8, 4) is 5.75 Å². The zero-order valence-electron chi connectivity index (χ0n) is 23.0. The molecular formula is C30H37N3O5S. The highest BCUT2D eigenvalue weighted by Gasteiger charge is 2.30. The minimum atomic E-state index is -3.58. The number of hydrogen-bond acceptors (Lipinski definition) is 5. The van der Waals surface area contributed by atoms with Gasteiger partial charge in [0.2, 0.25) is 21.8 Å². The Morgan fingerprint density at radius 1 is 0.949 bits per heavy atom. The van der Waals surface area contributed by atoms with E-state index in [1.165, 1.54) is 4.31 Å². The summed E-state index contributed by atoms with van der Waals surface area (Å²) >= 11 is 0. The molecule has 3 aromatic rings. The van der Waals surface area contributed by atoms with E-state index in [-0.39, 0.29) is 37.7 Å². The lowest BCUT2D eigenvalue weighted by molar-refractivity contribution is -0.141. The average Bonchev–Trinajstić information content (AvgIpc) is 2.92. The normalized spacial score (nSPS) is 11.9. The van der Waals surface area contributed by atoms with Crippen LogP contribution in [0.25, 0.3) is 0 Å². The molecule has 0 fully saturated rings. The third-order valence-electron chi connectivity index (χ3n) is 6.47. The molecule has 0 saturated heterocycles. The van der Waals surface area contributed by atoms with Gasteiger partial charge in [-0.15, -0.1) is 0 Å². The molecule has 0 radical (unpaired) electrons. The quantitative estimate of drug-likeness (QED) is 0.347. The summed E-state index contributed by atoms with van der Waals surface area (Å²) < 4.78 is 31.6. The van der Waals surface area contributed by atoms with Crippen LogP contribution in [-0.4, -0.2) is 58.1 Å². The molecule has 0 aliphatic carbocycles. The SMILES string of the molecule is CNC(=O)C(Cc1ccccc1)N(Cc1cccc(C)c1)C(=O)CCCN(c1ccc(OC)cc1)S(C)(=O)=O. The lowest BCUT2D eigenvalue weighted by atomic mass is 10.0. The minimum Gasteiger partial charge on any atom is -0.497 e.